The van der Waals surface area contributed by atoms with Crippen LogP contribution in [0.4, 0.5) is 0 Å². The lowest BCUT2D eigenvalue weighted by atomic mass is 9.87. The number of benzene rings is 2. The minimum atomic E-state index is -0.582. The number of aliphatic hydroxyl groups is 1. The van der Waals surface area contributed by atoms with Gasteiger partial charge in [0.2, 0.25) is 0 Å². The molecule has 3 heteroatoms. The van der Waals surface area contributed by atoms with Gasteiger partial charge in [0.15, 0.2) is 0 Å². The number of halogens is 1. The third kappa shape index (κ3) is 3.29. The summed E-state index contributed by atoms with van der Waals surface area (Å²) in [5, 5.41) is 10.7. The van der Waals surface area contributed by atoms with Gasteiger partial charge < -0.3 is 10.8 Å². The van der Waals surface area contributed by atoms with Gasteiger partial charge in [-0.3, -0.25) is 0 Å². The first-order valence-corrected chi connectivity index (χ1v) is 7.53. The van der Waals surface area contributed by atoms with Crippen LogP contribution in [-0.4, -0.2) is 11.7 Å². The molecule has 20 heavy (non-hydrogen) atoms. The van der Waals surface area contributed by atoms with E-state index in [-0.39, 0.29) is 5.92 Å². The molecule has 0 aliphatic heterocycles. The van der Waals surface area contributed by atoms with Crippen LogP contribution in [0, 0.1) is 13.8 Å². The lowest BCUT2D eigenvalue weighted by Gasteiger charge is -2.24. The number of hydrogen-bond acceptors (Lipinski definition) is 2. The van der Waals surface area contributed by atoms with Gasteiger partial charge in [0.05, 0.1) is 6.10 Å². The molecule has 0 saturated heterocycles. The quantitative estimate of drug-likeness (QED) is 0.892. The van der Waals surface area contributed by atoms with Crippen LogP contribution in [0.2, 0.25) is 0 Å². The van der Waals surface area contributed by atoms with Crippen molar-refractivity contribution in [2.24, 2.45) is 5.73 Å². The Morgan fingerprint density at radius 1 is 1.10 bits per heavy atom. The fraction of sp³-hybridized carbons (Fsp3) is 0.294. The van der Waals surface area contributed by atoms with Crippen LogP contribution in [-0.2, 0) is 0 Å². The molecule has 106 valence electrons. The Kier molecular flexibility index (Phi) is 4.97. The van der Waals surface area contributed by atoms with Gasteiger partial charge in [-0.25, -0.2) is 0 Å². The van der Waals surface area contributed by atoms with E-state index in [9.17, 15) is 5.11 Å². The van der Waals surface area contributed by atoms with E-state index in [0.29, 0.717) is 6.54 Å². The average molecular weight is 334 g/mol. The Morgan fingerprint density at radius 3 is 2.35 bits per heavy atom. The molecule has 0 aromatic heterocycles. The summed E-state index contributed by atoms with van der Waals surface area (Å²) in [5.41, 5.74) is 10.2. The predicted molar refractivity (Wildman–Crippen MR) is 86.8 cm³/mol. The highest BCUT2D eigenvalue weighted by Gasteiger charge is 2.22. The average Bonchev–Trinajstić information content (AvgIpc) is 2.44. The second-order valence-electron chi connectivity index (χ2n) is 5.20. The van der Waals surface area contributed by atoms with E-state index >= 15 is 0 Å². The summed E-state index contributed by atoms with van der Waals surface area (Å²) in [4.78, 5) is 0. The topological polar surface area (TPSA) is 46.2 Å². The van der Waals surface area contributed by atoms with E-state index in [1.165, 1.54) is 0 Å². The zero-order valence-electron chi connectivity index (χ0n) is 11.8. The minimum absolute atomic E-state index is 0.0939. The Labute approximate surface area is 128 Å². The lowest BCUT2D eigenvalue weighted by molar-refractivity contribution is 0.146. The van der Waals surface area contributed by atoms with Crippen LogP contribution in [0.15, 0.2) is 46.9 Å². The Bertz CT molecular complexity index is 580. The zero-order valence-corrected chi connectivity index (χ0v) is 13.4. The van der Waals surface area contributed by atoms with Gasteiger partial charge in [0, 0.05) is 16.9 Å². The van der Waals surface area contributed by atoms with Crippen molar-refractivity contribution in [3.63, 3.8) is 0 Å². The molecule has 0 saturated carbocycles. The first-order valence-electron chi connectivity index (χ1n) is 6.73. The highest BCUT2D eigenvalue weighted by atomic mass is 79.9. The third-order valence-electron chi connectivity index (χ3n) is 3.69. The molecule has 0 aliphatic carbocycles. The molecule has 2 aromatic rings. The fourth-order valence-electron chi connectivity index (χ4n) is 2.45. The number of rotatable bonds is 4. The molecule has 2 atom stereocenters. The maximum Gasteiger partial charge on any atom is 0.0873 e. The van der Waals surface area contributed by atoms with E-state index in [4.69, 9.17) is 5.73 Å². The maximum atomic E-state index is 10.7. The number of nitrogens with two attached hydrogens (primary N) is 1. The molecule has 0 bridgehead atoms. The second-order valence-corrected chi connectivity index (χ2v) is 6.11. The van der Waals surface area contributed by atoms with Gasteiger partial charge in [0.1, 0.15) is 0 Å². The van der Waals surface area contributed by atoms with Crippen molar-refractivity contribution in [2.45, 2.75) is 25.9 Å². The monoisotopic (exact) mass is 333 g/mol. The molecule has 2 rings (SSSR count). The Balaban J connectivity index is 2.35. The highest BCUT2D eigenvalue weighted by Crippen LogP contribution is 2.32. The van der Waals surface area contributed by atoms with Crippen LogP contribution in [0.5, 0.6) is 0 Å². The zero-order chi connectivity index (χ0) is 14.7. The molecule has 2 nitrogen and oxygen atoms in total. The fourth-order valence-corrected chi connectivity index (χ4v) is 2.72. The smallest absolute Gasteiger partial charge is 0.0873 e. The molecule has 3 N–H and O–H groups in total. The van der Waals surface area contributed by atoms with E-state index in [0.717, 1.165) is 26.7 Å². The van der Waals surface area contributed by atoms with Crippen molar-refractivity contribution in [1.82, 2.24) is 0 Å². The first kappa shape index (κ1) is 15.2. The third-order valence-corrected chi connectivity index (χ3v) is 4.22. The van der Waals surface area contributed by atoms with Gasteiger partial charge in [-0.2, -0.15) is 0 Å². The molecule has 2 aromatic carbocycles. The van der Waals surface area contributed by atoms with Gasteiger partial charge in [-0.15, -0.1) is 0 Å². The summed E-state index contributed by atoms with van der Waals surface area (Å²) in [6, 6.07) is 14.1. The predicted octanol–water partition coefficient (Wildman–Crippen LogP) is 3.84. The molecule has 0 spiro atoms. The van der Waals surface area contributed by atoms with Gasteiger partial charge in [0.25, 0.3) is 0 Å². The standard InChI is InChI=1S/C17H20BrNO/c1-11-3-4-12(2)15(9-11)17(20)16(10-19)13-5-7-14(18)8-6-13/h3-9,16-17,20H,10,19H2,1-2H3. The number of hydrogen-bond donors (Lipinski definition) is 2. The summed E-state index contributed by atoms with van der Waals surface area (Å²) >= 11 is 3.43. The SMILES string of the molecule is Cc1ccc(C)c(C(O)C(CN)c2ccc(Br)cc2)c1. The molecule has 0 heterocycles. The van der Waals surface area contributed by atoms with Crippen molar-refractivity contribution >= 4 is 15.9 Å². The Hall–Kier alpha value is -1.16. The summed E-state index contributed by atoms with van der Waals surface area (Å²) in [5.74, 6) is -0.0939. The molecule has 0 aliphatic rings. The molecular formula is C17H20BrNO. The van der Waals surface area contributed by atoms with Gasteiger partial charge >= 0.3 is 0 Å². The summed E-state index contributed by atoms with van der Waals surface area (Å²) in [7, 11) is 0. The molecule has 0 amide bonds. The highest BCUT2D eigenvalue weighted by molar-refractivity contribution is 9.10. The van der Waals surface area contributed by atoms with E-state index < -0.39 is 6.10 Å². The van der Waals surface area contributed by atoms with Crippen LogP contribution < -0.4 is 5.73 Å². The van der Waals surface area contributed by atoms with Crippen LogP contribution in [0.3, 0.4) is 0 Å². The number of aliphatic hydroxyl groups excluding tert-OH is 1. The molecular weight excluding hydrogens is 314 g/mol. The van der Waals surface area contributed by atoms with Crippen molar-refractivity contribution in [2.75, 3.05) is 6.54 Å². The minimum Gasteiger partial charge on any atom is -0.388 e. The molecule has 0 fully saturated rings. The largest absolute Gasteiger partial charge is 0.388 e. The summed E-state index contributed by atoms with van der Waals surface area (Å²) in [6.07, 6.45) is -0.582. The van der Waals surface area contributed by atoms with Crippen LogP contribution in [0.25, 0.3) is 0 Å². The number of aryl methyl sites for hydroxylation is 2. The van der Waals surface area contributed by atoms with Crippen LogP contribution in [0.1, 0.15) is 34.3 Å². The van der Waals surface area contributed by atoms with Gasteiger partial charge in [-0.1, -0.05) is 51.8 Å². The van der Waals surface area contributed by atoms with Gasteiger partial charge in [-0.05, 0) is 42.7 Å². The van der Waals surface area contributed by atoms with E-state index in [2.05, 4.69) is 22.0 Å². The summed E-state index contributed by atoms with van der Waals surface area (Å²) < 4.78 is 1.03. The lowest BCUT2D eigenvalue weighted by Crippen LogP contribution is -2.20. The van der Waals surface area contributed by atoms with Crippen molar-refractivity contribution in [3.05, 3.63) is 69.2 Å². The maximum absolute atomic E-state index is 10.7. The summed E-state index contributed by atoms with van der Waals surface area (Å²) in [6.45, 7) is 4.47. The van der Waals surface area contributed by atoms with E-state index in [1.54, 1.807) is 0 Å². The molecule has 0 radical (unpaired) electrons. The van der Waals surface area contributed by atoms with E-state index in [1.807, 2.05) is 50.2 Å². The second kappa shape index (κ2) is 6.53. The first-order chi connectivity index (χ1) is 9.52. The van der Waals surface area contributed by atoms with Crippen molar-refractivity contribution in [3.8, 4) is 0 Å². The normalized spacial score (nSPS) is 14.1. The van der Waals surface area contributed by atoms with Crippen molar-refractivity contribution in [1.29, 1.82) is 0 Å². The molecule has 2 unspecified atom stereocenters. The van der Waals surface area contributed by atoms with Crippen molar-refractivity contribution < 1.29 is 5.11 Å². The van der Waals surface area contributed by atoms with Crippen LogP contribution >= 0.6 is 15.9 Å². The Morgan fingerprint density at radius 2 is 1.75 bits per heavy atom.